The second kappa shape index (κ2) is 5.18. The Labute approximate surface area is 127 Å². The molecule has 1 saturated heterocycles. The lowest BCUT2D eigenvalue weighted by atomic mass is 9.75. The zero-order valence-corrected chi connectivity index (χ0v) is 13.6. The first-order valence-corrected chi connectivity index (χ1v) is 7.56. The van der Waals surface area contributed by atoms with E-state index in [9.17, 15) is 0 Å². The number of nitrogens with zero attached hydrogens (tertiary/aromatic N) is 1. The molecule has 0 spiro atoms. The SMILES string of the molecule is COc1cc2c(cc1OC)[C@]1(C)C[C@@H](N(C)C)C[C@H](C2)O1. The number of ether oxygens (including phenoxy) is 3. The van der Waals surface area contributed by atoms with Crippen molar-refractivity contribution in [2.75, 3.05) is 28.3 Å². The molecule has 21 heavy (non-hydrogen) atoms. The van der Waals surface area contributed by atoms with Crippen LogP contribution in [0, 0.1) is 0 Å². The largest absolute Gasteiger partial charge is 0.493 e. The monoisotopic (exact) mass is 291 g/mol. The Balaban J connectivity index is 2.05. The Hall–Kier alpha value is -1.26. The number of methoxy groups -OCH3 is 2. The maximum Gasteiger partial charge on any atom is 0.161 e. The van der Waals surface area contributed by atoms with Crippen LogP contribution in [0.15, 0.2) is 12.1 Å². The Morgan fingerprint density at radius 1 is 1.19 bits per heavy atom. The van der Waals surface area contributed by atoms with Crippen molar-refractivity contribution >= 4 is 0 Å². The maximum absolute atomic E-state index is 6.37. The predicted molar refractivity (Wildman–Crippen MR) is 82.2 cm³/mol. The van der Waals surface area contributed by atoms with Gasteiger partial charge in [-0.25, -0.2) is 0 Å². The van der Waals surface area contributed by atoms with Gasteiger partial charge in [0.15, 0.2) is 11.5 Å². The van der Waals surface area contributed by atoms with E-state index in [-0.39, 0.29) is 5.60 Å². The summed E-state index contributed by atoms with van der Waals surface area (Å²) in [5, 5.41) is 0. The Morgan fingerprint density at radius 3 is 2.48 bits per heavy atom. The third kappa shape index (κ3) is 2.40. The second-order valence-corrected chi connectivity index (χ2v) is 6.60. The summed E-state index contributed by atoms with van der Waals surface area (Å²) in [6, 6.07) is 4.79. The van der Waals surface area contributed by atoms with Crippen molar-refractivity contribution in [2.45, 2.75) is 43.9 Å². The summed E-state index contributed by atoms with van der Waals surface area (Å²) in [4.78, 5) is 2.32. The van der Waals surface area contributed by atoms with Crippen LogP contribution in [0.4, 0.5) is 0 Å². The highest BCUT2D eigenvalue weighted by Crippen LogP contribution is 2.47. The predicted octanol–water partition coefficient (Wildman–Crippen LogP) is 2.58. The fraction of sp³-hybridized carbons (Fsp3) is 0.647. The summed E-state index contributed by atoms with van der Waals surface area (Å²) in [6.07, 6.45) is 3.35. The van der Waals surface area contributed by atoms with Crippen LogP contribution in [0.2, 0.25) is 0 Å². The molecule has 0 aromatic heterocycles. The minimum atomic E-state index is -0.231. The van der Waals surface area contributed by atoms with Gasteiger partial charge in [-0.15, -0.1) is 0 Å². The molecule has 2 aliphatic heterocycles. The normalized spacial score (nSPS) is 31.0. The first kappa shape index (κ1) is 14.7. The average Bonchev–Trinajstić information content (AvgIpc) is 2.45. The molecular weight excluding hydrogens is 266 g/mol. The summed E-state index contributed by atoms with van der Waals surface area (Å²) < 4.78 is 17.3. The molecule has 4 heteroatoms. The first-order chi connectivity index (χ1) is 9.96. The van der Waals surface area contributed by atoms with Crippen LogP contribution in [0.25, 0.3) is 0 Å². The van der Waals surface area contributed by atoms with Crippen LogP contribution in [0.3, 0.4) is 0 Å². The number of fused-ring (bicyclic) bond motifs is 4. The summed E-state index contributed by atoms with van der Waals surface area (Å²) in [5.74, 6) is 1.59. The highest BCUT2D eigenvalue weighted by Gasteiger charge is 2.45. The van der Waals surface area contributed by atoms with Crippen LogP contribution in [-0.2, 0) is 16.8 Å². The summed E-state index contributed by atoms with van der Waals surface area (Å²) in [7, 11) is 7.69. The van der Waals surface area contributed by atoms with Crippen molar-refractivity contribution in [2.24, 2.45) is 0 Å². The van der Waals surface area contributed by atoms with E-state index in [1.165, 1.54) is 11.1 Å². The maximum atomic E-state index is 6.37. The molecule has 1 aromatic rings. The third-order valence-corrected chi connectivity index (χ3v) is 4.94. The fourth-order valence-electron chi connectivity index (χ4n) is 3.82. The minimum absolute atomic E-state index is 0.231. The number of benzene rings is 1. The average molecular weight is 291 g/mol. The van der Waals surface area contributed by atoms with E-state index in [4.69, 9.17) is 14.2 Å². The van der Waals surface area contributed by atoms with E-state index >= 15 is 0 Å². The van der Waals surface area contributed by atoms with Crippen LogP contribution >= 0.6 is 0 Å². The molecule has 3 rings (SSSR count). The Kier molecular flexibility index (Phi) is 3.62. The zero-order chi connectivity index (χ0) is 15.2. The molecule has 0 radical (unpaired) electrons. The molecule has 0 amide bonds. The van der Waals surface area contributed by atoms with Crippen molar-refractivity contribution in [3.63, 3.8) is 0 Å². The second-order valence-electron chi connectivity index (χ2n) is 6.60. The number of hydrogen-bond donors (Lipinski definition) is 0. The number of hydrogen-bond acceptors (Lipinski definition) is 4. The van der Waals surface area contributed by atoms with Crippen LogP contribution in [0.1, 0.15) is 30.9 Å². The summed E-state index contributed by atoms with van der Waals surface area (Å²) in [5.41, 5.74) is 2.36. The van der Waals surface area contributed by atoms with E-state index in [0.717, 1.165) is 30.8 Å². The van der Waals surface area contributed by atoms with Gasteiger partial charge in [-0.1, -0.05) is 0 Å². The molecule has 0 unspecified atom stereocenters. The van der Waals surface area contributed by atoms with Gasteiger partial charge in [-0.2, -0.15) is 0 Å². The van der Waals surface area contributed by atoms with Crippen molar-refractivity contribution in [1.29, 1.82) is 0 Å². The molecule has 1 aromatic carbocycles. The van der Waals surface area contributed by atoms with Crippen molar-refractivity contribution < 1.29 is 14.2 Å². The topological polar surface area (TPSA) is 30.9 Å². The van der Waals surface area contributed by atoms with E-state index < -0.39 is 0 Å². The summed E-state index contributed by atoms with van der Waals surface area (Å²) in [6.45, 7) is 2.21. The summed E-state index contributed by atoms with van der Waals surface area (Å²) >= 11 is 0. The van der Waals surface area contributed by atoms with Gasteiger partial charge >= 0.3 is 0 Å². The Bertz CT molecular complexity index is 543. The smallest absolute Gasteiger partial charge is 0.161 e. The zero-order valence-electron chi connectivity index (χ0n) is 13.6. The van der Waals surface area contributed by atoms with Gasteiger partial charge in [0.2, 0.25) is 0 Å². The molecular formula is C17H25NO3. The van der Waals surface area contributed by atoms with Crippen molar-refractivity contribution in [1.82, 2.24) is 4.90 Å². The lowest BCUT2D eigenvalue weighted by Crippen LogP contribution is -2.50. The van der Waals surface area contributed by atoms with Gasteiger partial charge in [0.05, 0.1) is 25.9 Å². The molecule has 116 valence electrons. The van der Waals surface area contributed by atoms with Gasteiger partial charge < -0.3 is 19.1 Å². The van der Waals surface area contributed by atoms with E-state index in [2.05, 4.69) is 38.1 Å². The minimum Gasteiger partial charge on any atom is -0.493 e. The lowest BCUT2D eigenvalue weighted by molar-refractivity contribution is -0.153. The molecule has 2 heterocycles. The van der Waals surface area contributed by atoms with Crippen LogP contribution in [0.5, 0.6) is 11.5 Å². The number of rotatable bonds is 3. The molecule has 1 fully saturated rings. The highest BCUT2D eigenvalue weighted by molar-refractivity contribution is 5.50. The molecule has 2 bridgehead atoms. The molecule has 2 aliphatic rings. The van der Waals surface area contributed by atoms with Gasteiger partial charge in [0.1, 0.15) is 0 Å². The van der Waals surface area contributed by atoms with Crippen LogP contribution < -0.4 is 9.47 Å². The van der Waals surface area contributed by atoms with Crippen molar-refractivity contribution in [3.8, 4) is 11.5 Å². The molecule has 0 saturated carbocycles. The molecule has 4 nitrogen and oxygen atoms in total. The van der Waals surface area contributed by atoms with E-state index in [1.54, 1.807) is 14.2 Å². The Morgan fingerprint density at radius 2 is 1.86 bits per heavy atom. The van der Waals surface area contributed by atoms with Gasteiger partial charge in [0.25, 0.3) is 0 Å². The molecule has 0 N–H and O–H groups in total. The third-order valence-electron chi connectivity index (χ3n) is 4.94. The van der Waals surface area contributed by atoms with Gasteiger partial charge in [0, 0.05) is 6.04 Å². The quantitative estimate of drug-likeness (QED) is 0.856. The molecule has 3 atom stereocenters. The van der Waals surface area contributed by atoms with E-state index in [0.29, 0.717) is 12.1 Å². The van der Waals surface area contributed by atoms with Crippen molar-refractivity contribution in [3.05, 3.63) is 23.3 Å². The fourth-order valence-corrected chi connectivity index (χ4v) is 3.82. The van der Waals surface area contributed by atoms with E-state index in [1.807, 2.05) is 0 Å². The lowest BCUT2D eigenvalue weighted by Gasteiger charge is -2.49. The van der Waals surface area contributed by atoms with Gasteiger partial charge in [-0.3, -0.25) is 0 Å². The first-order valence-electron chi connectivity index (χ1n) is 7.56. The highest BCUT2D eigenvalue weighted by atomic mass is 16.5. The molecule has 0 aliphatic carbocycles. The standard InChI is InChI=1S/C17H25NO3/c1-17-10-12(18(2)3)8-13(21-17)6-11-7-15(19-4)16(20-5)9-14(11)17/h7,9,12-13H,6,8,10H2,1-5H3/t12-,13-,17-/m0/s1. The van der Waals surface area contributed by atoms with Crippen LogP contribution in [-0.4, -0.2) is 45.4 Å². The van der Waals surface area contributed by atoms with Gasteiger partial charge in [-0.05, 0) is 63.5 Å².